The van der Waals surface area contributed by atoms with E-state index in [1.165, 1.54) is 5.56 Å². The van der Waals surface area contributed by atoms with Crippen LogP contribution < -0.4 is 5.32 Å². The third kappa shape index (κ3) is 4.39. The van der Waals surface area contributed by atoms with E-state index in [-0.39, 0.29) is 11.2 Å². The number of nitrogens with one attached hydrogen (secondary N) is 1. The average Bonchev–Trinajstić information content (AvgIpc) is 2.48. The molecule has 0 spiro atoms. The Kier molecular flexibility index (Phi) is 5.68. The molecule has 2 aromatic carbocycles. The number of carbonyl (C=O) groups is 1. The van der Waals surface area contributed by atoms with E-state index in [0.717, 1.165) is 15.9 Å². The van der Waals surface area contributed by atoms with Crippen LogP contribution in [0.2, 0.25) is 0 Å². The normalized spacial score (nSPS) is 11.9. The molecule has 0 heterocycles. The number of halogens is 1. The number of benzene rings is 2. The van der Waals surface area contributed by atoms with Gasteiger partial charge in [-0.05, 0) is 40.5 Å². The van der Waals surface area contributed by atoms with Crippen LogP contribution in [0, 0.1) is 0 Å². The van der Waals surface area contributed by atoms with Crippen molar-refractivity contribution in [2.75, 3.05) is 5.32 Å². The Bertz CT molecular complexity index is 574. The Morgan fingerprint density at radius 2 is 1.80 bits per heavy atom. The van der Waals surface area contributed by atoms with Gasteiger partial charge in [-0.2, -0.15) is 0 Å². The number of rotatable bonds is 5. The largest absolute Gasteiger partial charge is 0.324 e. The monoisotopic (exact) mass is 349 g/mol. The van der Waals surface area contributed by atoms with Gasteiger partial charge < -0.3 is 5.32 Å². The van der Waals surface area contributed by atoms with Gasteiger partial charge in [0.05, 0.1) is 10.9 Å². The first-order chi connectivity index (χ1) is 9.66. The van der Waals surface area contributed by atoms with Crippen LogP contribution in [0.15, 0.2) is 59.1 Å². The summed E-state index contributed by atoms with van der Waals surface area (Å²) in [5.41, 5.74) is 2.04. The highest BCUT2D eigenvalue weighted by molar-refractivity contribution is 9.10. The smallest absolute Gasteiger partial charge is 0.237 e. The first-order valence-electron chi connectivity index (χ1n) is 6.38. The predicted octanol–water partition coefficient (Wildman–Crippen LogP) is 4.71. The molecule has 4 heteroatoms. The van der Waals surface area contributed by atoms with E-state index < -0.39 is 0 Å². The lowest BCUT2D eigenvalue weighted by Crippen LogP contribution is -2.22. The molecule has 1 N–H and O–H groups in total. The highest BCUT2D eigenvalue weighted by atomic mass is 79.9. The van der Waals surface area contributed by atoms with E-state index in [9.17, 15) is 4.79 Å². The molecule has 20 heavy (non-hydrogen) atoms. The number of anilines is 1. The minimum absolute atomic E-state index is 0.0258. The van der Waals surface area contributed by atoms with Crippen LogP contribution in [0.1, 0.15) is 12.5 Å². The topological polar surface area (TPSA) is 29.1 Å². The number of para-hydroxylation sites is 1. The van der Waals surface area contributed by atoms with Crippen molar-refractivity contribution in [3.05, 3.63) is 64.6 Å². The number of amides is 1. The maximum atomic E-state index is 12.1. The van der Waals surface area contributed by atoms with Crippen LogP contribution in [-0.4, -0.2) is 11.2 Å². The van der Waals surface area contributed by atoms with Gasteiger partial charge in [-0.15, -0.1) is 11.8 Å². The molecule has 104 valence electrons. The lowest BCUT2D eigenvalue weighted by atomic mass is 10.2. The van der Waals surface area contributed by atoms with Crippen molar-refractivity contribution in [3.8, 4) is 0 Å². The van der Waals surface area contributed by atoms with Crippen molar-refractivity contribution >= 4 is 39.3 Å². The molecule has 1 amide bonds. The Hall–Kier alpha value is -1.26. The fourth-order valence-electron chi connectivity index (χ4n) is 1.67. The van der Waals surface area contributed by atoms with Gasteiger partial charge in [0.25, 0.3) is 0 Å². The number of thioether (sulfide) groups is 1. The summed E-state index contributed by atoms with van der Waals surface area (Å²) < 4.78 is 0.897. The molecular weight excluding hydrogens is 334 g/mol. The fraction of sp³-hybridized carbons (Fsp3) is 0.188. The second-order valence-corrected chi connectivity index (χ2v) is 6.59. The first-order valence-corrected chi connectivity index (χ1v) is 8.22. The van der Waals surface area contributed by atoms with Gasteiger partial charge >= 0.3 is 0 Å². The van der Waals surface area contributed by atoms with Gasteiger partial charge in [-0.1, -0.05) is 42.5 Å². The van der Waals surface area contributed by atoms with Gasteiger partial charge in [0.15, 0.2) is 0 Å². The fourth-order valence-corrected chi connectivity index (χ4v) is 2.90. The van der Waals surface area contributed by atoms with E-state index in [2.05, 4.69) is 33.4 Å². The molecule has 0 aliphatic rings. The summed E-state index contributed by atoms with van der Waals surface area (Å²) in [6.45, 7) is 1.93. The molecule has 0 bridgehead atoms. The molecule has 0 aliphatic heterocycles. The van der Waals surface area contributed by atoms with Crippen LogP contribution in [0.5, 0.6) is 0 Å². The second-order valence-electron chi connectivity index (χ2n) is 4.41. The molecule has 0 radical (unpaired) electrons. The van der Waals surface area contributed by atoms with Crippen molar-refractivity contribution in [2.45, 2.75) is 17.9 Å². The summed E-state index contributed by atoms with van der Waals surface area (Å²) in [5, 5.41) is 2.84. The van der Waals surface area contributed by atoms with Gasteiger partial charge in [0.1, 0.15) is 0 Å². The molecule has 0 saturated heterocycles. The molecule has 2 rings (SSSR count). The number of carbonyl (C=O) groups excluding carboxylic acids is 1. The average molecular weight is 350 g/mol. The summed E-state index contributed by atoms with van der Waals surface area (Å²) in [6.07, 6.45) is 0. The third-order valence-electron chi connectivity index (χ3n) is 2.84. The predicted molar refractivity (Wildman–Crippen MR) is 90.0 cm³/mol. The van der Waals surface area contributed by atoms with Crippen molar-refractivity contribution < 1.29 is 4.79 Å². The van der Waals surface area contributed by atoms with Crippen molar-refractivity contribution in [1.29, 1.82) is 0 Å². The van der Waals surface area contributed by atoms with Gasteiger partial charge in [-0.25, -0.2) is 0 Å². The van der Waals surface area contributed by atoms with Crippen LogP contribution in [-0.2, 0) is 10.5 Å². The molecule has 2 aromatic rings. The number of hydrogen-bond donors (Lipinski definition) is 1. The molecule has 0 aliphatic carbocycles. The Morgan fingerprint density at radius 3 is 2.50 bits per heavy atom. The minimum atomic E-state index is -0.0951. The van der Waals surface area contributed by atoms with E-state index in [1.807, 2.05) is 49.4 Å². The maximum Gasteiger partial charge on any atom is 0.237 e. The minimum Gasteiger partial charge on any atom is -0.324 e. The lowest BCUT2D eigenvalue weighted by Gasteiger charge is -2.13. The van der Waals surface area contributed by atoms with Crippen LogP contribution in [0.25, 0.3) is 0 Å². The van der Waals surface area contributed by atoms with Crippen LogP contribution in [0.3, 0.4) is 0 Å². The zero-order valence-electron chi connectivity index (χ0n) is 11.2. The zero-order valence-corrected chi connectivity index (χ0v) is 13.6. The Morgan fingerprint density at radius 1 is 1.15 bits per heavy atom. The van der Waals surface area contributed by atoms with Gasteiger partial charge in [0, 0.05) is 10.2 Å². The summed E-state index contributed by atoms with van der Waals surface area (Å²) in [4.78, 5) is 12.1. The van der Waals surface area contributed by atoms with Gasteiger partial charge in [0.2, 0.25) is 5.91 Å². The molecule has 0 unspecified atom stereocenters. The van der Waals surface area contributed by atoms with Crippen molar-refractivity contribution in [3.63, 3.8) is 0 Å². The second kappa shape index (κ2) is 7.50. The summed E-state index contributed by atoms with van der Waals surface area (Å²) in [5.74, 6) is 0.864. The highest BCUT2D eigenvalue weighted by Gasteiger charge is 2.14. The number of hydrogen-bond acceptors (Lipinski definition) is 2. The zero-order chi connectivity index (χ0) is 14.4. The van der Waals surface area contributed by atoms with E-state index in [4.69, 9.17) is 0 Å². The van der Waals surface area contributed by atoms with E-state index in [1.54, 1.807) is 11.8 Å². The molecule has 0 aromatic heterocycles. The lowest BCUT2D eigenvalue weighted by molar-refractivity contribution is -0.115. The standard InChI is InChI=1S/C16H16BrNOS/c1-12(20-11-13-7-3-2-4-8-13)16(19)18-15-10-6-5-9-14(15)17/h2-10,12H,11H2,1H3,(H,18,19)/t12-/m1/s1. The maximum absolute atomic E-state index is 12.1. The SMILES string of the molecule is C[C@@H](SCc1ccccc1)C(=O)Nc1ccccc1Br. The van der Waals surface area contributed by atoms with E-state index in [0.29, 0.717) is 0 Å². The molecule has 0 saturated carbocycles. The first kappa shape index (κ1) is 15.1. The molecule has 1 atom stereocenters. The summed E-state index contributed by atoms with van der Waals surface area (Å²) in [7, 11) is 0. The highest BCUT2D eigenvalue weighted by Crippen LogP contribution is 2.23. The Balaban J connectivity index is 1.88. The molecular formula is C16H16BrNOS. The van der Waals surface area contributed by atoms with Crippen molar-refractivity contribution in [1.82, 2.24) is 0 Å². The summed E-state index contributed by atoms with van der Waals surface area (Å²) in [6, 6.07) is 17.8. The van der Waals surface area contributed by atoms with Crippen molar-refractivity contribution in [2.24, 2.45) is 0 Å². The van der Waals surface area contributed by atoms with Crippen LogP contribution >= 0.6 is 27.7 Å². The summed E-state index contributed by atoms with van der Waals surface area (Å²) >= 11 is 5.06. The van der Waals surface area contributed by atoms with E-state index >= 15 is 0 Å². The quantitative estimate of drug-likeness (QED) is 0.846. The Labute approximate surface area is 132 Å². The molecule has 2 nitrogen and oxygen atoms in total. The van der Waals surface area contributed by atoms with Crippen LogP contribution in [0.4, 0.5) is 5.69 Å². The third-order valence-corrected chi connectivity index (χ3v) is 4.75. The molecule has 0 fully saturated rings. The van der Waals surface area contributed by atoms with Gasteiger partial charge in [-0.3, -0.25) is 4.79 Å².